The van der Waals surface area contributed by atoms with E-state index in [2.05, 4.69) is 25.3 Å². The Morgan fingerprint density at radius 1 is 1.00 bits per heavy atom. The zero-order valence-electron chi connectivity index (χ0n) is 16.7. The van der Waals surface area contributed by atoms with E-state index in [1.54, 1.807) is 12.1 Å². The fourth-order valence-corrected chi connectivity index (χ4v) is 2.94. The molecule has 1 heterocycles. The van der Waals surface area contributed by atoms with Crippen molar-refractivity contribution in [2.24, 2.45) is 0 Å². The number of ether oxygens (including phenoxy) is 2. The van der Waals surface area contributed by atoms with E-state index in [0.717, 1.165) is 24.3 Å². The van der Waals surface area contributed by atoms with Crippen LogP contribution in [0.5, 0.6) is 11.5 Å². The van der Waals surface area contributed by atoms with Crippen LogP contribution in [0.15, 0.2) is 54.6 Å². The van der Waals surface area contributed by atoms with Crippen LogP contribution < -0.4 is 20.1 Å². The highest BCUT2D eigenvalue weighted by atomic mass is 19.4. The number of nitrogens with one attached hydrogen (secondary N) is 2. The predicted octanol–water partition coefficient (Wildman–Crippen LogP) is 5.76. The minimum absolute atomic E-state index is 0.304. The molecule has 162 valence electrons. The first-order valence-corrected chi connectivity index (χ1v) is 9.89. The maximum Gasteiger partial charge on any atom is 0.573 e. The Balaban J connectivity index is 1.62. The van der Waals surface area contributed by atoms with Gasteiger partial charge in [0.25, 0.3) is 0 Å². The second kappa shape index (κ2) is 8.71. The summed E-state index contributed by atoms with van der Waals surface area (Å²) < 4.78 is 47.3. The second-order valence-electron chi connectivity index (χ2n) is 7.04. The molecular weight excluding hydrogens is 409 g/mol. The lowest BCUT2D eigenvalue weighted by atomic mass is 10.1. The number of hydrogen-bond donors (Lipinski definition) is 2. The fraction of sp³-hybridized carbons (Fsp3) is 0.273. The molecule has 0 bridgehead atoms. The predicted molar refractivity (Wildman–Crippen MR) is 112 cm³/mol. The highest BCUT2D eigenvalue weighted by molar-refractivity contribution is 5.68. The minimum atomic E-state index is -4.76. The lowest BCUT2D eigenvalue weighted by Crippen LogP contribution is -2.17. The molecule has 0 amide bonds. The first kappa shape index (κ1) is 20.8. The third-order valence-electron chi connectivity index (χ3n) is 4.44. The molecular formula is C22H21F3N4O2. The van der Waals surface area contributed by atoms with Gasteiger partial charge >= 0.3 is 6.36 Å². The average molecular weight is 430 g/mol. The first-order valence-electron chi connectivity index (χ1n) is 9.89. The number of halogens is 3. The van der Waals surface area contributed by atoms with Crippen molar-refractivity contribution in [2.75, 3.05) is 17.2 Å². The van der Waals surface area contributed by atoms with Gasteiger partial charge in [0.2, 0.25) is 5.95 Å². The van der Waals surface area contributed by atoms with E-state index in [1.807, 2.05) is 31.2 Å². The third-order valence-corrected chi connectivity index (χ3v) is 4.44. The van der Waals surface area contributed by atoms with Gasteiger partial charge in [0, 0.05) is 23.4 Å². The fourth-order valence-electron chi connectivity index (χ4n) is 2.94. The molecule has 1 aliphatic rings. The summed E-state index contributed by atoms with van der Waals surface area (Å²) in [5.41, 5.74) is 1.75. The van der Waals surface area contributed by atoms with Gasteiger partial charge < -0.3 is 20.1 Å². The van der Waals surface area contributed by atoms with Gasteiger partial charge in [0.15, 0.2) is 0 Å². The molecule has 0 unspecified atom stereocenters. The molecule has 2 N–H and O–H groups in total. The first-order chi connectivity index (χ1) is 14.9. The minimum Gasteiger partial charge on any atom is -0.494 e. The number of hydrogen-bond acceptors (Lipinski definition) is 6. The van der Waals surface area contributed by atoms with Gasteiger partial charge in [-0.1, -0.05) is 12.1 Å². The van der Waals surface area contributed by atoms with E-state index < -0.39 is 6.36 Å². The smallest absolute Gasteiger partial charge is 0.494 e. The van der Waals surface area contributed by atoms with Gasteiger partial charge in [0.05, 0.1) is 12.3 Å². The van der Waals surface area contributed by atoms with Gasteiger partial charge in [-0.15, -0.1) is 13.2 Å². The van der Waals surface area contributed by atoms with Gasteiger partial charge in [-0.2, -0.15) is 4.98 Å². The molecule has 31 heavy (non-hydrogen) atoms. The van der Waals surface area contributed by atoms with Crippen LogP contribution in [0.3, 0.4) is 0 Å². The van der Waals surface area contributed by atoms with Crippen LogP contribution >= 0.6 is 0 Å². The van der Waals surface area contributed by atoms with Crippen molar-refractivity contribution in [1.29, 1.82) is 0 Å². The summed E-state index contributed by atoms with van der Waals surface area (Å²) in [6.45, 7) is 2.49. The molecule has 1 saturated carbocycles. The van der Waals surface area contributed by atoms with Crippen LogP contribution in [0, 0.1) is 0 Å². The molecule has 1 aromatic heterocycles. The lowest BCUT2D eigenvalue weighted by Gasteiger charge is -2.13. The number of aromatic nitrogens is 2. The summed E-state index contributed by atoms with van der Waals surface area (Å²) in [4.78, 5) is 8.98. The van der Waals surface area contributed by atoms with Crippen molar-refractivity contribution >= 4 is 17.5 Å². The number of anilines is 3. The summed E-state index contributed by atoms with van der Waals surface area (Å²) in [6, 6.07) is 15.1. The topological polar surface area (TPSA) is 68.3 Å². The highest BCUT2D eigenvalue weighted by Crippen LogP contribution is 2.31. The molecule has 4 rings (SSSR count). The molecule has 0 spiro atoms. The van der Waals surface area contributed by atoms with Crippen LogP contribution in [0.25, 0.3) is 11.3 Å². The summed E-state index contributed by atoms with van der Waals surface area (Å²) in [7, 11) is 0. The number of benzene rings is 2. The van der Waals surface area contributed by atoms with Crippen molar-refractivity contribution < 1.29 is 22.6 Å². The van der Waals surface area contributed by atoms with Crippen LogP contribution in [0.1, 0.15) is 19.8 Å². The van der Waals surface area contributed by atoms with Gasteiger partial charge in [0.1, 0.15) is 17.3 Å². The quantitative estimate of drug-likeness (QED) is 0.474. The highest BCUT2D eigenvalue weighted by Gasteiger charge is 2.31. The van der Waals surface area contributed by atoms with Gasteiger partial charge in [-0.05, 0) is 56.2 Å². The summed E-state index contributed by atoms with van der Waals surface area (Å²) in [5.74, 6) is 1.38. The number of alkyl halides is 3. The molecule has 9 heteroatoms. The van der Waals surface area contributed by atoms with E-state index in [4.69, 9.17) is 4.74 Å². The molecule has 1 aliphatic carbocycles. The molecule has 0 atom stereocenters. The Morgan fingerprint density at radius 2 is 1.77 bits per heavy atom. The Labute approximate surface area is 177 Å². The number of rotatable bonds is 8. The lowest BCUT2D eigenvalue weighted by molar-refractivity contribution is -0.274. The van der Waals surface area contributed by atoms with Crippen LogP contribution in [0.2, 0.25) is 0 Å². The average Bonchev–Trinajstić information content (AvgIpc) is 3.52. The van der Waals surface area contributed by atoms with E-state index >= 15 is 0 Å². The standard InChI is InChI=1S/C22H21F3N4O2/c1-2-30-17-10-8-15(9-11-17)26-20-13-19(28-21(29-20)27-16-6-7-16)14-4-3-5-18(12-14)31-22(23,24)25/h3-5,8-13,16H,2,6-7H2,1H3,(H2,26,27,28,29). The third kappa shape index (κ3) is 6.00. The van der Waals surface area contributed by atoms with Crippen molar-refractivity contribution in [2.45, 2.75) is 32.2 Å². The van der Waals surface area contributed by atoms with E-state index in [-0.39, 0.29) is 5.75 Å². The van der Waals surface area contributed by atoms with Crippen LogP contribution in [-0.2, 0) is 0 Å². The molecule has 0 saturated heterocycles. The Morgan fingerprint density at radius 3 is 2.45 bits per heavy atom. The zero-order chi connectivity index (χ0) is 21.8. The van der Waals surface area contributed by atoms with Gasteiger partial charge in [-0.25, -0.2) is 4.98 Å². The molecule has 6 nitrogen and oxygen atoms in total. The van der Waals surface area contributed by atoms with Crippen molar-refractivity contribution in [3.63, 3.8) is 0 Å². The van der Waals surface area contributed by atoms with Crippen molar-refractivity contribution in [3.05, 3.63) is 54.6 Å². The zero-order valence-corrected chi connectivity index (χ0v) is 16.7. The van der Waals surface area contributed by atoms with E-state index in [1.165, 1.54) is 18.2 Å². The Bertz CT molecular complexity index is 1040. The summed E-state index contributed by atoms with van der Waals surface area (Å²) in [6.07, 6.45) is -2.70. The monoisotopic (exact) mass is 430 g/mol. The molecule has 0 aliphatic heterocycles. The van der Waals surface area contributed by atoms with Crippen molar-refractivity contribution in [3.8, 4) is 22.8 Å². The number of nitrogens with zero attached hydrogens (tertiary/aromatic N) is 2. The summed E-state index contributed by atoms with van der Waals surface area (Å²) in [5, 5.41) is 6.45. The molecule has 2 aromatic carbocycles. The Hall–Kier alpha value is -3.49. The normalized spacial score (nSPS) is 13.5. The maximum atomic E-state index is 12.6. The van der Waals surface area contributed by atoms with Gasteiger partial charge in [-0.3, -0.25) is 0 Å². The summed E-state index contributed by atoms with van der Waals surface area (Å²) >= 11 is 0. The van der Waals surface area contributed by atoms with E-state index in [0.29, 0.717) is 35.7 Å². The van der Waals surface area contributed by atoms with E-state index in [9.17, 15) is 13.2 Å². The Kier molecular flexibility index (Phi) is 5.83. The molecule has 3 aromatic rings. The largest absolute Gasteiger partial charge is 0.573 e. The maximum absolute atomic E-state index is 12.6. The second-order valence-corrected chi connectivity index (χ2v) is 7.04. The van der Waals surface area contributed by atoms with Crippen molar-refractivity contribution in [1.82, 2.24) is 9.97 Å². The molecule has 1 fully saturated rings. The van der Waals surface area contributed by atoms with Crippen LogP contribution in [0.4, 0.5) is 30.6 Å². The molecule has 0 radical (unpaired) electrons. The SMILES string of the molecule is CCOc1ccc(Nc2cc(-c3cccc(OC(F)(F)F)c3)nc(NC3CC3)n2)cc1. The van der Waals surface area contributed by atoms with Crippen LogP contribution in [-0.4, -0.2) is 29.0 Å².